The number of nitrogens with zero attached hydrogens (tertiary/aromatic N) is 3. The topological polar surface area (TPSA) is 54.9 Å². The van der Waals surface area contributed by atoms with Gasteiger partial charge >= 0.3 is 0 Å². The number of carbonyl (C=O) groups excluding carboxylic acids is 1. The molecule has 4 rings (SSSR count). The lowest BCUT2D eigenvalue weighted by Crippen LogP contribution is -2.55. The Bertz CT molecular complexity index is 810. The standard InChI is InChI=1S/C23H28FN3O3/c24-18-4-6-21(7-5-18)29-16-22-15-27(23(28)17-30-22)20-9-13-26(14-10-20)12-8-19-3-1-2-11-25-19/h1-7,11,20,22H,8-10,12-17H2/t22-/m1/s1. The zero-order valence-electron chi connectivity index (χ0n) is 17.1. The van der Waals surface area contributed by atoms with E-state index in [1.165, 1.54) is 12.1 Å². The van der Waals surface area contributed by atoms with Crippen molar-refractivity contribution in [2.24, 2.45) is 0 Å². The molecular formula is C23H28FN3O3. The smallest absolute Gasteiger partial charge is 0.248 e. The van der Waals surface area contributed by atoms with Crippen molar-refractivity contribution in [3.05, 3.63) is 60.2 Å². The van der Waals surface area contributed by atoms with Crippen molar-refractivity contribution in [3.63, 3.8) is 0 Å². The van der Waals surface area contributed by atoms with Gasteiger partial charge < -0.3 is 19.3 Å². The lowest BCUT2D eigenvalue weighted by atomic mass is 10.0. The molecule has 2 fully saturated rings. The van der Waals surface area contributed by atoms with E-state index in [0.29, 0.717) is 18.9 Å². The van der Waals surface area contributed by atoms with Crippen LogP contribution in [-0.2, 0) is 16.0 Å². The van der Waals surface area contributed by atoms with Gasteiger partial charge in [0.05, 0.1) is 6.54 Å². The van der Waals surface area contributed by atoms with Crippen LogP contribution in [0.4, 0.5) is 4.39 Å². The molecule has 1 atom stereocenters. The number of aromatic nitrogens is 1. The van der Waals surface area contributed by atoms with Crippen molar-refractivity contribution in [3.8, 4) is 5.75 Å². The maximum absolute atomic E-state index is 13.0. The summed E-state index contributed by atoms with van der Waals surface area (Å²) >= 11 is 0. The molecule has 0 bridgehead atoms. The Labute approximate surface area is 176 Å². The number of hydrogen-bond acceptors (Lipinski definition) is 5. The van der Waals surface area contributed by atoms with E-state index in [4.69, 9.17) is 9.47 Å². The van der Waals surface area contributed by atoms with Crippen LogP contribution in [0.3, 0.4) is 0 Å². The van der Waals surface area contributed by atoms with Gasteiger partial charge in [0.1, 0.15) is 30.9 Å². The van der Waals surface area contributed by atoms with E-state index < -0.39 is 0 Å². The lowest BCUT2D eigenvalue weighted by molar-refractivity contribution is -0.155. The van der Waals surface area contributed by atoms with E-state index in [2.05, 4.69) is 16.0 Å². The SMILES string of the molecule is O=C1CO[C@@H](COc2ccc(F)cc2)CN1C1CCN(CCc2ccccn2)CC1. The van der Waals surface area contributed by atoms with Crippen LogP contribution in [0.1, 0.15) is 18.5 Å². The summed E-state index contributed by atoms with van der Waals surface area (Å²) in [5.74, 6) is 0.365. The molecule has 2 aliphatic heterocycles. The number of ether oxygens (including phenoxy) is 2. The number of pyridine rings is 1. The molecule has 2 saturated heterocycles. The Morgan fingerprint density at radius 2 is 1.93 bits per heavy atom. The van der Waals surface area contributed by atoms with Gasteiger partial charge in [-0.2, -0.15) is 0 Å². The number of benzene rings is 1. The number of likely N-dealkylation sites (tertiary alicyclic amines) is 1. The number of carbonyl (C=O) groups is 1. The van der Waals surface area contributed by atoms with Gasteiger partial charge in [0, 0.05) is 44.0 Å². The molecule has 0 radical (unpaired) electrons. The molecule has 1 aromatic heterocycles. The van der Waals surface area contributed by atoms with Crippen molar-refractivity contribution >= 4 is 5.91 Å². The zero-order valence-corrected chi connectivity index (χ0v) is 17.1. The molecule has 2 aliphatic rings. The lowest BCUT2D eigenvalue weighted by Gasteiger charge is -2.42. The van der Waals surface area contributed by atoms with Gasteiger partial charge in [-0.25, -0.2) is 4.39 Å². The molecule has 0 aliphatic carbocycles. The average Bonchev–Trinajstić information content (AvgIpc) is 2.79. The Morgan fingerprint density at radius 3 is 2.67 bits per heavy atom. The van der Waals surface area contributed by atoms with Crippen molar-refractivity contribution in [1.82, 2.24) is 14.8 Å². The van der Waals surface area contributed by atoms with E-state index >= 15 is 0 Å². The van der Waals surface area contributed by atoms with E-state index in [-0.39, 0.29) is 30.5 Å². The van der Waals surface area contributed by atoms with E-state index in [1.807, 2.05) is 23.2 Å². The number of piperidine rings is 1. The third-order valence-electron chi connectivity index (χ3n) is 5.82. The van der Waals surface area contributed by atoms with Crippen LogP contribution in [-0.4, -0.2) is 72.2 Å². The monoisotopic (exact) mass is 413 g/mol. The Morgan fingerprint density at radius 1 is 1.13 bits per heavy atom. The number of rotatable bonds is 7. The fourth-order valence-electron chi connectivity index (χ4n) is 4.09. The first-order valence-corrected chi connectivity index (χ1v) is 10.6. The zero-order chi connectivity index (χ0) is 20.8. The third-order valence-corrected chi connectivity index (χ3v) is 5.82. The summed E-state index contributed by atoms with van der Waals surface area (Å²) in [6, 6.07) is 12.2. The predicted molar refractivity (Wildman–Crippen MR) is 111 cm³/mol. The minimum atomic E-state index is -0.292. The van der Waals surface area contributed by atoms with Crippen molar-refractivity contribution < 1.29 is 18.7 Å². The minimum Gasteiger partial charge on any atom is -0.491 e. The van der Waals surface area contributed by atoms with Crippen LogP contribution in [0, 0.1) is 5.82 Å². The molecule has 1 aromatic carbocycles. The van der Waals surface area contributed by atoms with Crippen LogP contribution in [0.2, 0.25) is 0 Å². The number of amides is 1. The Kier molecular flexibility index (Phi) is 6.92. The quantitative estimate of drug-likeness (QED) is 0.698. The van der Waals surface area contributed by atoms with E-state index in [9.17, 15) is 9.18 Å². The fraction of sp³-hybridized carbons (Fsp3) is 0.478. The first kappa shape index (κ1) is 20.8. The van der Waals surface area contributed by atoms with Crippen LogP contribution in [0.15, 0.2) is 48.7 Å². The maximum Gasteiger partial charge on any atom is 0.248 e. The molecule has 1 amide bonds. The van der Waals surface area contributed by atoms with Crippen LogP contribution in [0.25, 0.3) is 0 Å². The maximum atomic E-state index is 13.0. The molecule has 0 unspecified atom stereocenters. The van der Waals surface area contributed by atoms with Gasteiger partial charge in [0.15, 0.2) is 0 Å². The van der Waals surface area contributed by atoms with Gasteiger partial charge in [0.25, 0.3) is 0 Å². The normalized spacial score (nSPS) is 21.0. The van der Waals surface area contributed by atoms with Crippen molar-refractivity contribution in [2.75, 3.05) is 39.4 Å². The highest BCUT2D eigenvalue weighted by Crippen LogP contribution is 2.21. The summed E-state index contributed by atoms with van der Waals surface area (Å²) in [6.45, 7) is 3.95. The van der Waals surface area contributed by atoms with Gasteiger partial charge in [-0.3, -0.25) is 9.78 Å². The van der Waals surface area contributed by atoms with Gasteiger partial charge in [-0.15, -0.1) is 0 Å². The van der Waals surface area contributed by atoms with E-state index in [1.54, 1.807) is 12.1 Å². The minimum absolute atomic E-state index is 0.0555. The van der Waals surface area contributed by atoms with Crippen molar-refractivity contribution in [2.45, 2.75) is 31.4 Å². The number of morpholine rings is 1. The summed E-state index contributed by atoms with van der Waals surface area (Å²) in [6.07, 6.45) is 4.56. The highest BCUT2D eigenvalue weighted by atomic mass is 19.1. The third kappa shape index (κ3) is 5.55. The molecule has 30 heavy (non-hydrogen) atoms. The summed E-state index contributed by atoms with van der Waals surface area (Å²) in [4.78, 5) is 21.2. The first-order valence-electron chi connectivity index (χ1n) is 10.6. The largest absolute Gasteiger partial charge is 0.491 e. The summed E-state index contributed by atoms with van der Waals surface area (Å²) < 4.78 is 24.4. The Balaban J connectivity index is 1.23. The second-order valence-corrected chi connectivity index (χ2v) is 7.89. The molecule has 3 heterocycles. The second kappa shape index (κ2) is 10.00. The number of halogens is 1. The highest BCUT2D eigenvalue weighted by Gasteiger charge is 2.33. The fourth-order valence-corrected chi connectivity index (χ4v) is 4.09. The summed E-state index contributed by atoms with van der Waals surface area (Å²) in [5.41, 5.74) is 1.12. The Hall–Kier alpha value is -2.51. The van der Waals surface area contributed by atoms with Gasteiger partial charge in [0.2, 0.25) is 5.91 Å². The second-order valence-electron chi connectivity index (χ2n) is 7.89. The van der Waals surface area contributed by atoms with Crippen LogP contribution in [0.5, 0.6) is 5.75 Å². The summed E-state index contributed by atoms with van der Waals surface area (Å²) in [5, 5.41) is 0. The van der Waals surface area contributed by atoms with Crippen LogP contribution >= 0.6 is 0 Å². The molecule has 0 spiro atoms. The molecule has 2 aromatic rings. The molecule has 7 heteroatoms. The molecule has 160 valence electrons. The van der Waals surface area contributed by atoms with Gasteiger partial charge in [-0.1, -0.05) is 6.07 Å². The predicted octanol–water partition coefficient (Wildman–Crippen LogP) is 2.53. The van der Waals surface area contributed by atoms with Crippen LogP contribution < -0.4 is 4.74 Å². The van der Waals surface area contributed by atoms with Gasteiger partial charge in [-0.05, 0) is 49.2 Å². The summed E-state index contributed by atoms with van der Waals surface area (Å²) in [7, 11) is 0. The first-order chi connectivity index (χ1) is 14.7. The molecular weight excluding hydrogens is 385 g/mol. The van der Waals surface area contributed by atoms with Crippen molar-refractivity contribution in [1.29, 1.82) is 0 Å². The molecule has 6 nitrogen and oxygen atoms in total. The van der Waals surface area contributed by atoms with E-state index in [0.717, 1.165) is 44.6 Å². The molecule has 0 N–H and O–H groups in total. The average molecular weight is 413 g/mol. The number of hydrogen-bond donors (Lipinski definition) is 0. The highest BCUT2D eigenvalue weighted by molar-refractivity contribution is 5.78. The molecule has 0 saturated carbocycles.